The van der Waals surface area contributed by atoms with Gasteiger partial charge in [-0.15, -0.1) is 0 Å². The number of rotatable bonds is 5. The molecule has 0 bridgehead atoms. The minimum absolute atomic E-state index is 0.124. The first-order chi connectivity index (χ1) is 19.0. The van der Waals surface area contributed by atoms with Crippen LogP contribution in [0, 0.1) is 12.8 Å². The zero-order valence-electron chi connectivity index (χ0n) is 22.3. The molecule has 4 aliphatic rings. The molecule has 6 heterocycles. The summed E-state index contributed by atoms with van der Waals surface area (Å²) in [5.41, 5.74) is 11.5. The summed E-state index contributed by atoms with van der Waals surface area (Å²) >= 11 is 0. The van der Waals surface area contributed by atoms with Gasteiger partial charge in [-0.1, -0.05) is 17.7 Å². The molecule has 2 aliphatic carbocycles. The van der Waals surface area contributed by atoms with Crippen molar-refractivity contribution >= 4 is 28.1 Å². The molecule has 2 fully saturated rings. The van der Waals surface area contributed by atoms with Gasteiger partial charge >= 0.3 is 0 Å². The number of aromatic nitrogens is 6. The SMILES string of the molecule is Cc1cn(-c2ccnc3nc(C4=NC5CCN5c5cnc(C6=C[C@@H]7CC7=CC(CN(C)C)=C6)cc54)[nH]c23)cn1. The van der Waals surface area contributed by atoms with Crippen molar-refractivity contribution in [3.63, 3.8) is 0 Å². The molecule has 4 aromatic heterocycles. The van der Waals surface area contributed by atoms with Crippen molar-refractivity contribution in [1.82, 2.24) is 34.4 Å². The lowest BCUT2D eigenvalue weighted by Crippen LogP contribution is -2.50. The summed E-state index contributed by atoms with van der Waals surface area (Å²) < 4.78 is 2.00. The molecule has 1 N–H and O–H groups in total. The number of aliphatic imine (C=N–C) groups is 1. The molecule has 0 aromatic carbocycles. The van der Waals surface area contributed by atoms with Gasteiger partial charge in [-0.25, -0.2) is 15.0 Å². The maximum Gasteiger partial charge on any atom is 0.180 e. The van der Waals surface area contributed by atoms with E-state index in [1.807, 2.05) is 36.3 Å². The summed E-state index contributed by atoms with van der Waals surface area (Å²) in [7, 11) is 4.23. The Bertz CT molecular complexity index is 1780. The van der Waals surface area contributed by atoms with Gasteiger partial charge < -0.3 is 19.4 Å². The predicted molar refractivity (Wildman–Crippen MR) is 152 cm³/mol. The monoisotopic (exact) mass is 515 g/mol. The first-order valence-corrected chi connectivity index (χ1v) is 13.5. The summed E-state index contributed by atoms with van der Waals surface area (Å²) in [6, 6.07) is 4.18. The number of nitrogens with zero attached hydrogens (tertiary/aromatic N) is 8. The Kier molecular flexibility index (Phi) is 4.82. The van der Waals surface area contributed by atoms with E-state index in [-0.39, 0.29) is 6.17 Å². The second-order valence-corrected chi connectivity index (χ2v) is 11.2. The van der Waals surface area contributed by atoms with Crippen molar-refractivity contribution < 1.29 is 0 Å². The van der Waals surface area contributed by atoms with Gasteiger partial charge in [0.25, 0.3) is 0 Å². The number of fused-ring (bicyclic) bond motifs is 5. The van der Waals surface area contributed by atoms with Gasteiger partial charge in [-0.2, -0.15) is 0 Å². The third kappa shape index (κ3) is 3.76. The predicted octanol–water partition coefficient (Wildman–Crippen LogP) is 4.07. The average molecular weight is 516 g/mol. The zero-order valence-corrected chi connectivity index (χ0v) is 22.3. The molecular weight excluding hydrogens is 486 g/mol. The van der Waals surface area contributed by atoms with Gasteiger partial charge in [0.15, 0.2) is 11.5 Å². The van der Waals surface area contributed by atoms with Crippen LogP contribution >= 0.6 is 0 Å². The molecule has 194 valence electrons. The average Bonchev–Trinajstić information content (AvgIpc) is 3.28. The lowest BCUT2D eigenvalue weighted by atomic mass is 9.97. The second-order valence-electron chi connectivity index (χ2n) is 11.2. The van der Waals surface area contributed by atoms with Crippen LogP contribution in [0.25, 0.3) is 22.4 Å². The maximum atomic E-state index is 5.17. The fourth-order valence-electron chi connectivity index (χ4n) is 5.89. The molecule has 0 spiro atoms. The summed E-state index contributed by atoms with van der Waals surface area (Å²) in [5, 5.41) is 0. The topological polar surface area (TPSA) is 91.1 Å². The number of likely N-dealkylation sites (N-methyl/N-ethyl adjacent to an activating group) is 1. The molecule has 9 heteroatoms. The lowest BCUT2D eigenvalue weighted by molar-refractivity contribution is 0.449. The number of nitrogens with one attached hydrogen (secondary N) is 1. The number of pyridine rings is 2. The van der Waals surface area contributed by atoms with E-state index in [1.54, 1.807) is 6.20 Å². The molecule has 1 unspecified atom stereocenters. The Balaban J connectivity index is 1.24. The number of hydrogen-bond acceptors (Lipinski definition) is 7. The minimum atomic E-state index is 0.124. The standard InChI is InChI=1S/C30H29N9/c1-17-14-38(16-33-17)24-4-6-31-29-28(24)35-30(36-29)27-22-12-23(32-13-25(22)39-7-5-26(39)34-27)21-9-18(15-37(2)3)8-19-10-20(19)11-21/h4,6,8-9,11-14,16,20,26H,5,7,10,15H2,1-3H3,(H,31,35,36)/t20-,26?/m0/s1. The maximum absolute atomic E-state index is 5.17. The number of imidazole rings is 2. The van der Waals surface area contributed by atoms with Crippen LogP contribution in [0.1, 0.15) is 35.6 Å². The summed E-state index contributed by atoms with van der Waals surface area (Å²) in [4.78, 5) is 32.1. The third-order valence-corrected chi connectivity index (χ3v) is 7.96. The molecule has 2 aliphatic heterocycles. The molecule has 1 saturated heterocycles. The van der Waals surface area contributed by atoms with Crippen LogP contribution in [-0.4, -0.2) is 73.4 Å². The third-order valence-electron chi connectivity index (χ3n) is 7.96. The van der Waals surface area contributed by atoms with E-state index < -0.39 is 0 Å². The molecule has 4 aromatic rings. The first kappa shape index (κ1) is 22.6. The Hall–Kier alpha value is -4.37. The molecule has 1 saturated carbocycles. The molecule has 39 heavy (non-hydrogen) atoms. The van der Waals surface area contributed by atoms with Gasteiger partial charge in [-0.05, 0) is 56.8 Å². The van der Waals surface area contributed by atoms with Crippen molar-refractivity contribution in [1.29, 1.82) is 0 Å². The van der Waals surface area contributed by atoms with E-state index in [0.717, 1.165) is 71.3 Å². The van der Waals surface area contributed by atoms with Gasteiger partial charge in [0, 0.05) is 43.4 Å². The normalized spacial score (nSPS) is 21.3. The molecule has 2 atom stereocenters. The molecule has 8 rings (SSSR count). The van der Waals surface area contributed by atoms with Crippen LogP contribution in [0.15, 0.2) is 71.4 Å². The summed E-state index contributed by atoms with van der Waals surface area (Å²) in [6.07, 6.45) is 17.0. The van der Waals surface area contributed by atoms with Crippen molar-refractivity contribution in [2.24, 2.45) is 10.9 Å². The smallest absolute Gasteiger partial charge is 0.180 e. The van der Waals surface area contributed by atoms with Crippen LogP contribution in [0.5, 0.6) is 0 Å². The van der Waals surface area contributed by atoms with Gasteiger partial charge in [-0.3, -0.25) is 9.98 Å². The zero-order chi connectivity index (χ0) is 26.2. The summed E-state index contributed by atoms with van der Waals surface area (Å²) in [6.45, 7) is 3.89. The summed E-state index contributed by atoms with van der Waals surface area (Å²) in [5.74, 6) is 1.25. The fourth-order valence-corrected chi connectivity index (χ4v) is 5.89. The Morgan fingerprint density at radius 1 is 1.13 bits per heavy atom. The number of allylic oxidation sites excluding steroid dienone is 4. The van der Waals surface area contributed by atoms with E-state index in [1.165, 1.54) is 16.7 Å². The van der Waals surface area contributed by atoms with E-state index in [9.17, 15) is 0 Å². The molecular formula is C30H29N9. The molecule has 0 amide bonds. The number of aromatic amines is 1. The van der Waals surface area contributed by atoms with E-state index >= 15 is 0 Å². The van der Waals surface area contributed by atoms with Crippen LogP contribution < -0.4 is 4.90 Å². The highest BCUT2D eigenvalue weighted by Gasteiger charge is 2.37. The van der Waals surface area contributed by atoms with E-state index in [4.69, 9.17) is 15.0 Å². The molecule has 0 radical (unpaired) electrons. The number of H-pyrrole nitrogens is 1. The van der Waals surface area contributed by atoms with Crippen LogP contribution in [0.3, 0.4) is 0 Å². The minimum Gasteiger partial charge on any atom is -0.348 e. The Morgan fingerprint density at radius 2 is 2.05 bits per heavy atom. The van der Waals surface area contributed by atoms with E-state index in [0.29, 0.717) is 11.6 Å². The number of anilines is 1. The van der Waals surface area contributed by atoms with Crippen LogP contribution in [0.4, 0.5) is 5.69 Å². The van der Waals surface area contributed by atoms with Crippen molar-refractivity contribution in [2.45, 2.75) is 25.9 Å². The van der Waals surface area contributed by atoms with Crippen LogP contribution in [-0.2, 0) is 0 Å². The fraction of sp³-hybridized carbons (Fsp3) is 0.300. The quantitative estimate of drug-likeness (QED) is 0.431. The van der Waals surface area contributed by atoms with Crippen LogP contribution in [0.2, 0.25) is 0 Å². The lowest BCUT2D eigenvalue weighted by Gasteiger charge is -2.44. The van der Waals surface area contributed by atoms with Gasteiger partial charge in [0.05, 0.1) is 35.3 Å². The van der Waals surface area contributed by atoms with Crippen molar-refractivity contribution in [3.05, 3.63) is 89.2 Å². The highest BCUT2D eigenvalue weighted by atomic mass is 15.3. The largest absolute Gasteiger partial charge is 0.348 e. The highest BCUT2D eigenvalue weighted by molar-refractivity contribution is 6.16. The van der Waals surface area contributed by atoms with Gasteiger partial charge in [0.2, 0.25) is 0 Å². The Morgan fingerprint density at radius 3 is 2.85 bits per heavy atom. The first-order valence-electron chi connectivity index (χ1n) is 13.5. The molecule has 9 nitrogen and oxygen atoms in total. The Labute approximate surface area is 226 Å². The van der Waals surface area contributed by atoms with E-state index in [2.05, 4.69) is 63.1 Å². The van der Waals surface area contributed by atoms with Gasteiger partial charge in [0.1, 0.15) is 17.4 Å². The number of hydrogen-bond donors (Lipinski definition) is 1. The van der Waals surface area contributed by atoms with Crippen molar-refractivity contribution in [2.75, 3.05) is 32.1 Å². The second kappa shape index (κ2) is 8.31. The van der Waals surface area contributed by atoms with Crippen molar-refractivity contribution in [3.8, 4) is 5.69 Å². The number of aryl methyl sites for hydroxylation is 1. The highest BCUT2D eigenvalue weighted by Crippen LogP contribution is 2.44.